The van der Waals surface area contributed by atoms with E-state index in [1.165, 1.54) is 0 Å². The molecule has 3 heterocycles. The minimum absolute atomic E-state index is 0.0684. The topological polar surface area (TPSA) is 87.6 Å². The molecule has 7 heteroatoms. The van der Waals surface area contributed by atoms with Gasteiger partial charge in [-0.05, 0) is 19.8 Å². The minimum Gasteiger partial charge on any atom is -0.396 e. The van der Waals surface area contributed by atoms with Crippen molar-refractivity contribution in [2.75, 3.05) is 26.3 Å². The number of fused-ring (bicyclic) bond motifs is 1. The number of morpholine rings is 1. The lowest BCUT2D eigenvalue weighted by atomic mass is 10.1. The van der Waals surface area contributed by atoms with Crippen LogP contribution in [-0.2, 0) is 4.74 Å². The third-order valence-electron chi connectivity index (χ3n) is 5.48. The van der Waals surface area contributed by atoms with Crippen molar-refractivity contribution in [2.45, 2.75) is 38.0 Å². The average Bonchev–Trinajstić information content (AvgIpc) is 3.10. The van der Waals surface area contributed by atoms with Crippen molar-refractivity contribution in [3.05, 3.63) is 47.9 Å². The number of benzene rings is 1. The monoisotopic (exact) mass is 382 g/mol. The van der Waals surface area contributed by atoms with Crippen LogP contribution in [0.25, 0.3) is 11.3 Å². The molecule has 3 atom stereocenters. The fourth-order valence-electron chi connectivity index (χ4n) is 4.08. The first kappa shape index (κ1) is 19.0. The molecule has 0 saturated carbocycles. The van der Waals surface area contributed by atoms with Gasteiger partial charge in [-0.1, -0.05) is 30.3 Å². The number of nitrogens with zero attached hydrogens (tertiary/aromatic N) is 3. The zero-order chi connectivity index (χ0) is 19.5. The lowest BCUT2D eigenvalue weighted by Gasteiger charge is -2.34. The fourth-order valence-corrected chi connectivity index (χ4v) is 4.08. The molecule has 7 nitrogen and oxygen atoms in total. The van der Waals surface area contributed by atoms with Crippen LogP contribution in [0.2, 0.25) is 0 Å². The Morgan fingerprint density at radius 3 is 2.93 bits per heavy atom. The van der Waals surface area contributed by atoms with Gasteiger partial charge in [-0.25, -0.2) is 9.97 Å². The maximum atomic E-state index is 13.0. The van der Waals surface area contributed by atoms with E-state index in [0.717, 1.165) is 25.1 Å². The number of aryl methyl sites for hydroxylation is 1. The quantitative estimate of drug-likeness (QED) is 0.813. The van der Waals surface area contributed by atoms with Crippen LogP contribution in [0.15, 0.2) is 36.5 Å². The van der Waals surface area contributed by atoms with E-state index in [-0.39, 0.29) is 24.7 Å². The molecule has 2 aliphatic heterocycles. The van der Waals surface area contributed by atoms with E-state index in [0.29, 0.717) is 36.2 Å². The highest BCUT2D eigenvalue weighted by molar-refractivity contribution is 5.99. The number of aliphatic hydroxyl groups excluding tert-OH is 1. The molecule has 4 rings (SSSR count). The lowest BCUT2D eigenvalue weighted by molar-refractivity contribution is -0.0566. The molecule has 0 radical (unpaired) electrons. The number of aromatic nitrogens is 2. The summed E-state index contributed by atoms with van der Waals surface area (Å²) in [4.78, 5) is 24.1. The molecular weight excluding hydrogens is 356 g/mol. The number of hydrogen-bond donors (Lipinski definition) is 2. The first-order valence-electron chi connectivity index (χ1n) is 9.80. The van der Waals surface area contributed by atoms with E-state index in [4.69, 9.17) is 9.84 Å². The smallest absolute Gasteiger partial charge is 0.255 e. The Bertz CT molecular complexity index is 830. The van der Waals surface area contributed by atoms with Gasteiger partial charge in [0.1, 0.15) is 5.82 Å². The van der Waals surface area contributed by atoms with Gasteiger partial charge in [0.15, 0.2) is 0 Å². The van der Waals surface area contributed by atoms with Crippen LogP contribution in [-0.4, -0.2) is 70.4 Å². The molecule has 0 aliphatic carbocycles. The summed E-state index contributed by atoms with van der Waals surface area (Å²) >= 11 is 0. The van der Waals surface area contributed by atoms with Crippen LogP contribution in [0.5, 0.6) is 0 Å². The zero-order valence-electron chi connectivity index (χ0n) is 16.0. The molecule has 0 bridgehead atoms. The molecule has 148 valence electrons. The van der Waals surface area contributed by atoms with Gasteiger partial charge in [0, 0.05) is 43.5 Å². The van der Waals surface area contributed by atoms with Crippen molar-refractivity contribution in [3.8, 4) is 11.3 Å². The van der Waals surface area contributed by atoms with Crippen molar-refractivity contribution in [1.82, 2.24) is 20.2 Å². The molecule has 2 fully saturated rings. The van der Waals surface area contributed by atoms with E-state index in [2.05, 4.69) is 20.2 Å². The van der Waals surface area contributed by atoms with Gasteiger partial charge in [0.05, 0.1) is 24.0 Å². The van der Waals surface area contributed by atoms with Crippen molar-refractivity contribution in [3.63, 3.8) is 0 Å². The second-order valence-electron chi connectivity index (χ2n) is 7.53. The first-order chi connectivity index (χ1) is 13.6. The second-order valence-corrected chi connectivity index (χ2v) is 7.53. The number of rotatable bonds is 5. The Morgan fingerprint density at radius 2 is 2.14 bits per heavy atom. The van der Waals surface area contributed by atoms with Crippen molar-refractivity contribution in [1.29, 1.82) is 0 Å². The highest BCUT2D eigenvalue weighted by Crippen LogP contribution is 2.25. The normalized spacial score (nSPS) is 24.7. The molecule has 1 aromatic carbocycles. The maximum Gasteiger partial charge on any atom is 0.255 e. The molecular formula is C21H26N4O3. The van der Waals surface area contributed by atoms with Gasteiger partial charge in [-0.15, -0.1) is 0 Å². The largest absolute Gasteiger partial charge is 0.396 e. The standard InChI is InChI=1S/C21H26N4O3/c1-14-22-10-19(20(23-14)15-5-3-2-4-6-15)21(27)24-16-9-17-13-28-18(7-8-26)12-25(17)11-16/h2-6,10,16-18,26H,7-9,11-13H2,1H3,(H,24,27)/t16-,17+,18+/m1/s1. The summed E-state index contributed by atoms with van der Waals surface area (Å²) < 4.78 is 5.83. The molecule has 2 aromatic rings. The van der Waals surface area contributed by atoms with Crippen LogP contribution in [0.3, 0.4) is 0 Å². The maximum absolute atomic E-state index is 13.0. The van der Waals surface area contributed by atoms with Crippen LogP contribution in [0.4, 0.5) is 0 Å². The Balaban J connectivity index is 1.47. The summed E-state index contributed by atoms with van der Waals surface area (Å²) in [5.41, 5.74) is 2.06. The molecule has 0 unspecified atom stereocenters. The Hall–Kier alpha value is -2.35. The lowest BCUT2D eigenvalue weighted by Crippen LogP contribution is -2.46. The van der Waals surface area contributed by atoms with E-state index in [1.54, 1.807) is 6.20 Å². The fraction of sp³-hybridized carbons (Fsp3) is 0.476. The summed E-state index contributed by atoms with van der Waals surface area (Å²) in [6, 6.07) is 10.1. The van der Waals surface area contributed by atoms with E-state index in [9.17, 15) is 4.79 Å². The number of carbonyl (C=O) groups excluding carboxylic acids is 1. The number of ether oxygens (including phenoxy) is 1. The van der Waals surface area contributed by atoms with Gasteiger partial charge in [0.25, 0.3) is 5.91 Å². The first-order valence-corrected chi connectivity index (χ1v) is 9.80. The third kappa shape index (κ3) is 4.06. The van der Waals surface area contributed by atoms with E-state index >= 15 is 0 Å². The molecule has 1 aromatic heterocycles. The van der Waals surface area contributed by atoms with Crippen molar-refractivity contribution >= 4 is 5.91 Å². The second kappa shape index (κ2) is 8.34. The molecule has 1 amide bonds. The Labute approximate surface area is 164 Å². The SMILES string of the molecule is Cc1ncc(C(=O)N[C@@H]2C[C@H]3CO[C@@H](CCO)CN3C2)c(-c2ccccc2)n1. The molecule has 0 spiro atoms. The van der Waals surface area contributed by atoms with Gasteiger partial charge in [-0.3, -0.25) is 9.69 Å². The average molecular weight is 382 g/mol. The van der Waals surface area contributed by atoms with Crippen LogP contribution >= 0.6 is 0 Å². The summed E-state index contributed by atoms with van der Waals surface area (Å²) in [5, 5.41) is 12.3. The van der Waals surface area contributed by atoms with E-state index in [1.807, 2.05) is 37.3 Å². The van der Waals surface area contributed by atoms with Gasteiger partial charge < -0.3 is 15.2 Å². The molecule has 28 heavy (non-hydrogen) atoms. The highest BCUT2D eigenvalue weighted by atomic mass is 16.5. The summed E-state index contributed by atoms with van der Waals surface area (Å²) in [7, 11) is 0. The highest BCUT2D eigenvalue weighted by Gasteiger charge is 2.38. The molecule has 2 saturated heterocycles. The van der Waals surface area contributed by atoms with Crippen molar-refractivity contribution < 1.29 is 14.6 Å². The van der Waals surface area contributed by atoms with E-state index < -0.39 is 0 Å². The molecule has 2 N–H and O–H groups in total. The van der Waals surface area contributed by atoms with Gasteiger partial charge in [-0.2, -0.15) is 0 Å². The Kier molecular flexibility index (Phi) is 5.66. The summed E-state index contributed by atoms with van der Waals surface area (Å²) in [6.07, 6.45) is 3.21. The zero-order valence-corrected chi connectivity index (χ0v) is 16.0. The van der Waals surface area contributed by atoms with Crippen LogP contribution < -0.4 is 5.32 Å². The minimum atomic E-state index is -0.142. The summed E-state index contributed by atoms with van der Waals surface area (Å²) in [6.45, 7) is 4.22. The van der Waals surface area contributed by atoms with Gasteiger partial charge in [0.2, 0.25) is 0 Å². The predicted octanol–water partition coefficient (Wildman–Crippen LogP) is 1.41. The summed E-state index contributed by atoms with van der Waals surface area (Å²) in [5.74, 6) is 0.497. The number of carbonyl (C=O) groups is 1. The third-order valence-corrected chi connectivity index (χ3v) is 5.48. The van der Waals surface area contributed by atoms with Crippen LogP contribution in [0, 0.1) is 6.92 Å². The Morgan fingerprint density at radius 1 is 1.32 bits per heavy atom. The predicted molar refractivity (Wildman–Crippen MR) is 105 cm³/mol. The van der Waals surface area contributed by atoms with Crippen LogP contribution in [0.1, 0.15) is 29.0 Å². The number of hydrogen-bond acceptors (Lipinski definition) is 6. The molecule has 2 aliphatic rings. The van der Waals surface area contributed by atoms with Crippen molar-refractivity contribution in [2.24, 2.45) is 0 Å². The number of aliphatic hydroxyl groups is 1. The number of amides is 1. The van der Waals surface area contributed by atoms with Gasteiger partial charge >= 0.3 is 0 Å². The number of nitrogens with one attached hydrogen (secondary N) is 1.